The van der Waals surface area contributed by atoms with E-state index in [1.807, 2.05) is 31.2 Å². The first-order valence-corrected chi connectivity index (χ1v) is 8.67. The van der Waals surface area contributed by atoms with E-state index in [1.54, 1.807) is 6.07 Å². The fourth-order valence-electron chi connectivity index (χ4n) is 3.03. The van der Waals surface area contributed by atoms with E-state index in [1.165, 1.54) is 6.20 Å². The number of hydrogen-bond donors (Lipinski definition) is 1. The number of amides is 1. The van der Waals surface area contributed by atoms with E-state index >= 15 is 0 Å². The van der Waals surface area contributed by atoms with Crippen LogP contribution < -0.4 is 5.32 Å². The van der Waals surface area contributed by atoms with E-state index in [0.29, 0.717) is 22.0 Å². The lowest BCUT2D eigenvalue weighted by atomic mass is 9.84. The number of halogens is 1. The van der Waals surface area contributed by atoms with Crippen molar-refractivity contribution in [1.82, 2.24) is 15.5 Å². The molecule has 0 saturated heterocycles. The summed E-state index contributed by atoms with van der Waals surface area (Å²) in [6.45, 7) is 5.94. The highest BCUT2D eigenvalue weighted by Crippen LogP contribution is 2.30. The summed E-state index contributed by atoms with van der Waals surface area (Å²) in [5.41, 5.74) is 2.21. The molecule has 0 aliphatic rings. The van der Waals surface area contributed by atoms with Crippen LogP contribution in [0.3, 0.4) is 0 Å². The molecule has 1 amide bonds. The molecule has 1 aromatic carbocycles. The number of fused-ring (bicyclic) bond motifs is 1. The standard InChI is InChI=1S/C19H20ClN3O2/c1-4-19(5-2,14-6-8-15(20)9-7-14)22-17(24)13-10-16-12(3)23-25-18(16)21-11-13/h6-11H,4-5H2,1-3H3,(H,22,24). The first-order valence-electron chi connectivity index (χ1n) is 8.29. The molecule has 0 radical (unpaired) electrons. The number of nitrogens with zero attached hydrogens (tertiary/aromatic N) is 2. The number of carbonyl (C=O) groups excluding carboxylic acids is 1. The van der Waals surface area contributed by atoms with Crippen LogP contribution in [0.4, 0.5) is 0 Å². The van der Waals surface area contributed by atoms with Crippen LogP contribution in [-0.4, -0.2) is 16.0 Å². The minimum Gasteiger partial charge on any atom is -0.342 e. The molecule has 25 heavy (non-hydrogen) atoms. The van der Waals surface area contributed by atoms with Gasteiger partial charge in [-0.25, -0.2) is 4.98 Å². The highest BCUT2D eigenvalue weighted by Gasteiger charge is 2.30. The lowest BCUT2D eigenvalue weighted by molar-refractivity contribution is 0.0889. The number of aromatic nitrogens is 2. The van der Waals surface area contributed by atoms with E-state index in [9.17, 15) is 4.79 Å². The maximum Gasteiger partial charge on any atom is 0.257 e. The molecule has 6 heteroatoms. The van der Waals surface area contributed by atoms with Crippen LogP contribution in [0, 0.1) is 6.92 Å². The van der Waals surface area contributed by atoms with Gasteiger partial charge < -0.3 is 9.84 Å². The zero-order valence-electron chi connectivity index (χ0n) is 14.5. The van der Waals surface area contributed by atoms with Gasteiger partial charge in [0, 0.05) is 11.2 Å². The van der Waals surface area contributed by atoms with Gasteiger partial charge in [0.1, 0.15) is 0 Å². The molecule has 130 valence electrons. The maximum atomic E-state index is 12.9. The van der Waals surface area contributed by atoms with Crippen molar-refractivity contribution >= 4 is 28.6 Å². The number of aryl methyl sites for hydroxylation is 1. The Balaban J connectivity index is 1.94. The molecule has 0 saturated carbocycles. The third-order valence-electron chi connectivity index (χ3n) is 4.73. The summed E-state index contributed by atoms with van der Waals surface area (Å²) < 4.78 is 5.10. The van der Waals surface area contributed by atoms with Gasteiger partial charge in [-0.3, -0.25) is 4.79 Å². The highest BCUT2D eigenvalue weighted by atomic mass is 35.5. The lowest BCUT2D eigenvalue weighted by Gasteiger charge is -2.33. The molecule has 3 aromatic rings. The molecule has 1 N–H and O–H groups in total. The van der Waals surface area contributed by atoms with Gasteiger partial charge in [-0.05, 0) is 43.5 Å². The van der Waals surface area contributed by atoms with Crippen molar-refractivity contribution in [3.05, 3.63) is 58.4 Å². The van der Waals surface area contributed by atoms with Crippen LogP contribution in [0.5, 0.6) is 0 Å². The van der Waals surface area contributed by atoms with Gasteiger partial charge in [0.2, 0.25) is 0 Å². The van der Waals surface area contributed by atoms with Gasteiger partial charge in [-0.1, -0.05) is 42.7 Å². The van der Waals surface area contributed by atoms with Gasteiger partial charge in [0.15, 0.2) is 0 Å². The summed E-state index contributed by atoms with van der Waals surface area (Å²) in [4.78, 5) is 17.0. The van der Waals surface area contributed by atoms with E-state index < -0.39 is 5.54 Å². The lowest BCUT2D eigenvalue weighted by Crippen LogP contribution is -2.45. The second kappa shape index (κ2) is 6.84. The monoisotopic (exact) mass is 357 g/mol. The van der Waals surface area contributed by atoms with E-state index in [4.69, 9.17) is 16.1 Å². The largest absolute Gasteiger partial charge is 0.342 e. The second-order valence-electron chi connectivity index (χ2n) is 6.09. The van der Waals surface area contributed by atoms with Crippen molar-refractivity contribution in [3.8, 4) is 0 Å². The van der Waals surface area contributed by atoms with Crippen molar-refractivity contribution in [1.29, 1.82) is 0 Å². The molecule has 0 aliphatic heterocycles. The molecular formula is C19H20ClN3O2. The van der Waals surface area contributed by atoms with Gasteiger partial charge in [0.05, 0.1) is 22.2 Å². The number of benzene rings is 1. The van der Waals surface area contributed by atoms with Gasteiger partial charge in [-0.2, -0.15) is 0 Å². The highest BCUT2D eigenvalue weighted by molar-refractivity contribution is 6.30. The van der Waals surface area contributed by atoms with Crippen molar-refractivity contribution in [2.75, 3.05) is 0 Å². The molecule has 2 heterocycles. The summed E-state index contributed by atoms with van der Waals surface area (Å²) >= 11 is 6.00. The summed E-state index contributed by atoms with van der Waals surface area (Å²) in [7, 11) is 0. The Hall–Kier alpha value is -2.40. The van der Waals surface area contributed by atoms with Crippen LogP contribution in [0.1, 0.15) is 48.3 Å². The zero-order chi connectivity index (χ0) is 18.0. The van der Waals surface area contributed by atoms with Crippen LogP contribution in [0.2, 0.25) is 5.02 Å². The molecule has 0 fully saturated rings. The van der Waals surface area contributed by atoms with Crippen molar-refractivity contribution in [2.24, 2.45) is 0 Å². The summed E-state index contributed by atoms with van der Waals surface area (Å²) in [5, 5.41) is 8.49. The minimum absolute atomic E-state index is 0.173. The Bertz CT molecular complexity index is 899. The molecule has 5 nitrogen and oxygen atoms in total. The molecule has 0 aliphatic carbocycles. The summed E-state index contributed by atoms with van der Waals surface area (Å²) in [6.07, 6.45) is 3.04. The zero-order valence-corrected chi connectivity index (χ0v) is 15.2. The number of hydrogen-bond acceptors (Lipinski definition) is 4. The Morgan fingerprint density at radius 1 is 1.24 bits per heavy atom. The first-order chi connectivity index (χ1) is 12.0. The molecule has 0 unspecified atom stereocenters. The average molecular weight is 358 g/mol. The topological polar surface area (TPSA) is 68.0 Å². The van der Waals surface area contributed by atoms with Gasteiger partial charge in [0.25, 0.3) is 11.6 Å². The van der Waals surface area contributed by atoms with Crippen molar-refractivity contribution in [2.45, 2.75) is 39.2 Å². The maximum absolute atomic E-state index is 12.9. The molecule has 0 atom stereocenters. The third-order valence-corrected chi connectivity index (χ3v) is 4.98. The Kier molecular flexibility index (Phi) is 4.77. The van der Waals surface area contributed by atoms with E-state index in [2.05, 4.69) is 29.3 Å². The summed E-state index contributed by atoms with van der Waals surface area (Å²) in [5.74, 6) is -0.173. The molecular weight excluding hydrogens is 338 g/mol. The molecule has 0 spiro atoms. The minimum atomic E-state index is -0.458. The number of nitrogens with one attached hydrogen (secondary N) is 1. The SMILES string of the molecule is CCC(CC)(NC(=O)c1cnc2onc(C)c2c1)c1ccc(Cl)cc1. The average Bonchev–Trinajstić information content (AvgIpc) is 3.01. The van der Waals surface area contributed by atoms with E-state index in [0.717, 1.165) is 23.8 Å². The molecule has 0 bridgehead atoms. The van der Waals surface area contributed by atoms with Crippen LogP contribution >= 0.6 is 11.6 Å². The number of pyridine rings is 1. The number of rotatable bonds is 5. The molecule has 3 rings (SSSR count). The Labute approximate surface area is 151 Å². The van der Waals surface area contributed by atoms with Gasteiger partial charge in [-0.15, -0.1) is 0 Å². The fraction of sp³-hybridized carbons (Fsp3) is 0.316. The number of carbonyl (C=O) groups is 1. The van der Waals surface area contributed by atoms with Crippen LogP contribution in [0.15, 0.2) is 41.1 Å². The predicted octanol–water partition coefficient (Wildman–Crippen LogP) is 4.63. The quantitative estimate of drug-likeness (QED) is 0.722. The molecule has 2 aromatic heterocycles. The smallest absolute Gasteiger partial charge is 0.257 e. The van der Waals surface area contributed by atoms with E-state index in [-0.39, 0.29) is 5.91 Å². The Morgan fingerprint density at radius 3 is 2.56 bits per heavy atom. The first kappa shape index (κ1) is 17.4. The Morgan fingerprint density at radius 2 is 1.92 bits per heavy atom. The van der Waals surface area contributed by atoms with Crippen molar-refractivity contribution < 1.29 is 9.32 Å². The van der Waals surface area contributed by atoms with Crippen LogP contribution in [0.25, 0.3) is 11.1 Å². The third kappa shape index (κ3) is 3.24. The summed E-state index contributed by atoms with van der Waals surface area (Å²) in [6, 6.07) is 9.37. The second-order valence-corrected chi connectivity index (χ2v) is 6.53. The predicted molar refractivity (Wildman–Crippen MR) is 97.7 cm³/mol. The normalized spacial score (nSPS) is 11.7. The van der Waals surface area contributed by atoms with Crippen molar-refractivity contribution in [3.63, 3.8) is 0 Å². The fourth-order valence-corrected chi connectivity index (χ4v) is 3.16. The van der Waals surface area contributed by atoms with Crippen LogP contribution in [-0.2, 0) is 5.54 Å². The van der Waals surface area contributed by atoms with Gasteiger partial charge >= 0.3 is 0 Å².